The van der Waals surface area contributed by atoms with Gasteiger partial charge in [0, 0.05) is 41.4 Å². The summed E-state index contributed by atoms with van der Waals surface area (Å²) in [6, 6.07) is 0. The van der Waals surface area contributed by atoms with Gasteiger partial charge in [0.25, 0.3) is 0 Å². The van der Waals surface area contributed by atoms with Gasteiger partial charge in [0.15, 0.2) is 5.82 Å². The van der Waals surface area contributed by atoms with E-state index in [0.717, 1.165) is 6.54 Å². The molecule has 92 valence electrons. The molecular formula is C10H14N4S3. The lowest BCUT2D eigenvalue weighted by atomic mass is 10.4. The van der Waals surface area contributed by atoms with Gasteiger partial charge in [0.2, 0.25) is 0 Å². The van der Waals surface area contributed by atoms with Crippen molar-refractivity contribution in [3.63, 3.8) is 0 Å². The molecule has 2 heterocycles. The third-order valence-electron chi connectivity index (χ3n) is 2.31. The maximum atomic E-state index is 5.60. The number of thiocarbonyl (C=S) groups is 1. The molecule has 1 aromatic rings. The minimum atomic E-state index is 0.284. The average molecular weight is 286 g/mol. The molecule has 1 aliphatic rings. The van der Waals surface area contributed by atoms with Gasteiger partial charge in [-0.25, -0.2) is 9.97 Å². The summed E-state index contributed by atoms with van der Waals surface area (Å²) in [7, 11) is 0. The van der Waals surface area contributed by atoms with Crippen molar-refractivity contribution in [3.8, 4) is 0 Å². The van der Waals surface area contributed by atoms with Gasteiger partial charge in [-0.05, 0) is 0 Å². The van der Waals surface area contributed by atoms with E-state index >= 15 is 0 Å². The maximum absolute atomic E-state index is 5.60. The first-order chi connectivity index (χ1) is 8.27. The van der Waals surface area contributed by atoms with Crippen LogP contribution in [0.25, 0.3) is 0 Å². The van der Waals surface area contributed by atoms with Crippen molar-refractivity contribution in [1.82, 2.24) is 9.97 Å². The van der Waals surface area contributed by atoms with Crippen LogP contribution in [-0.4, -0.2) is 44.0 Å². The lowest BCUT2D eigenvalue weighted by molar-refractivity contribution is 0.985. The minimum Gasteiger partial charge on any atom is -0.388 e. The Labute approximate surface area is 115 Å². The molecule has 1 aromatic heterocycles. The zero-order valence-corrected chi connectivity index (χ0v) is 11.7. The Balaban J connectivity index is 1.96. The van der Waals surface area contributed by atoms with Crippen LogP contribution in [0.5, 0.6) is 0 Å². The van der Waals surface area contributed by atoms with E-state index in [1.807, 2.05) is 23.5 Å². The summed E-state index contributed by atoms with van der Waals surface area (Å²) in [5.41, 5.74) is 6.18. The molecule has 0 aromatic carbocycles. The molecule has 17 heavy (non-hydrogen) atoms. The summed E-state index contributed by atoms with van der Waals surface area (Å²) in [5, 5.41) is 3.91. The summed E-state index contributed by atoms with van der Waals surface area (Å²) in [5.74, 6) is 4.35. The van der Waals surface area contributed by atoms with E-state index in [1.54, 1.807) is 12.4 Å². The van der Waals surface area contributed by atoms with Crippen molar-refractivity contribution >= 4 is 46.5 Å². The molecule has 2 rings (SSSR count). The van der Waals surface area contributed by atoms with Crippen molar-refractivity contribution in [1.29, 1.82) is 0 Å². The third kappa shape index (κ3) is 3.72. The first kappa shape index (κ1) is 12.9. The van der Waals surface area contributed by atoms with Gasteiger partial charge in [0.1, 0.15) is 10.7 Å². The molecule has 0 amide bonds. The summed E-state index contributed by atoms with van der Waals surface area (Å²) >= 11 is 8.95. The van der Waals surface area contributed by atoms with Crippen LogP contribution >= 0.6 is 35.7 Å². The highest BCUT2D eigenvalue weighted by molar-refractivity contribution is 8.06. The van der Waals surface area contributed by atoms with E-state index in [2.05, 4.69) is 15.3 Å². The SMILES string of the molecule is NC(=S)c1nccnc1NCC1CSCCS1. The second kappa shape index (κ2) is 6.42. The predicted molar refractivity (Wildman–Crippen MR) is 80.0 cm³/mol. The zero-order chi connectivity index (χ0) is 12.1. The smallest absolute Gasteiger partial charge is 0.155 e. The zero-order valence-electron chi connectivity index (χ0n) is 9.26. The second-order valence-corrected chi connectivity index (χ2v) is 6.56. The third-order valence-corrected chi connectivity index (χ3v) is 5.35. The fraction of sp³-hybridized carbons (Fsp3) is 0.500. The molecule has 0 aliphatic carbocycles. The first-order valence-corrected chi connectivity index (χ1v) is 7.92. The number of thioether (sulfide) groups is 2. The molecule has 7 heteroatoms. The second-order valence-electron chi connectivity index (χ2n) is 3.57. The van der Waals surface area contributed by atoms with Crippen LogP contribution in [0.3, 0.4) is 0 Å². The quantitative estimate of drug-likeness (QED) is 0.811. The van der Waals surface area contributed by atoms with Crippen molar-refractivity contribution in [2.24, 2.45) is 5.73 Å². The summed E-state index contributed by atoms with van der Waals surface area (Å²) in [6.45, 7) is 0.881. The number of nitrogens with zero attached hydrogens (tertiary/aromatic N) is 2. The Morgan fingerprint density at radius 1 is 1.47 bits per heavy atom. The largest absolute Gasteiger partial charge is 0.388 e. The Bertz CT molecular complexity index is 393. The topological polar surface area (TPSA) is 63.8 Å². The predicted octanol–water partition coefficient (Wildman–Crippen LogP) is 1.37. The minimum absolute atomic E-state index is 0.284. The van der Waals surface area contributed by atoms with E-state index in [-0.39, 0.29) is 4.99 Å². The van der Waals surface area contributed by atoms with E-state index < -0.39 is 0 Å². The van der Waals surface area contributed by atoms with Gasteiger partial charge in [-0.15, -0.1) is 0 Å². The Kier molecular flexibility index (Phi) is 4.87. The van der Waals surface area contributed by atoms with Gasteiger partial charge >= 0.3 is 0 Å². The number of rotatable bonds is 4. The first-order valence-electron chi connectivity index (χ1n) is 5.31. The number of nitrogens with one attached hydrogen (secondary N) is 1. The van der Waals surface area contributed by atoms with Crippen LogP contribution in [0, 0.1) is 0 Å². The van der Waals surface area contributed by atoms with Gasteiger partial charge in [-0.2, -0.15) is 23.5 Å². The molecule has 1 unspecified atom stereocenters. The van der Waals surface area contributed by atoms with Crippen LogP contribution < -0.4 is 11.1 Å². The van der Waals surface area contributed by atoms with Crippen LogP contribution in [-0.2, 0) is 0 Å². The van der Waals surface area contributed by atoms with Crippen molar-refractivity contribution < 1.29 is 0 Å². The Morgan fingerprint density at radius 2 is 2.29 bits per heavy atom. The highest BCUT2D eigenvalue weighted by Gasteiger charge is 2.15. The monoisotopic (exact) mass is 286 g/mol. The lowest BCUT2D eigenvalue weighted by Gasteiger charge is -2.21. The van der Waals surface area contributed by atoms with E-state index in [9.17, 15) is 0 Å². The number of anilines is 1. The molecule has 3 N–H and O–H groups in total. The van der Waals surface area contributed by atoms with Gasteiger partial charge < -0.3 is 11.1 Å². The molecule has 4 nitrogen and oxygen atoms in total. The summed E-state index contributed by atoms with van der Waals surface area (Å²) < 4.78 is 0. The van der Waals surface area contributed by atoms with Crippen molar-refractivity contribution in [3.05, 3.63) is 18.1 Å². The van der Waals surface area contributed by atoms with Crippen molar-refractivity contribution in [2.75, 3.05) is 29.1 Å². The molecule has 0 radical (unpaired) electrons. The molecule has 0 spiro atoms. The standard InChI is InChI=1S/C10H14N4S3/c11-9(15)8-10(13-2-1-12-8)14-5-7-6-16-3-4-17-7/h1-2,7H,3-6H2,(H2,11,15)(H,13,14). The fourth-order valence-electron chi connectivity index (χ4n) is 1.51. The number of aromatic nitrogens is 2. The van der Waals surface area contributed by atoms with E-state index in [4.69, 9.17) is 18.0 Å². The lowest BCUT2D eigenvalue weighted by Crippen LogP contribution is -2.25. The molecule has 0 saturated carbocycles. The Morgan fingerprint density at radius 3 is 3.00 bits per heavy atom. The van der Waals surface area contributed by atoms with Crippen molar-refractivity contribution in [2.45, 2.75) is 5.25 Å². The van der Waals surface area contributed by atoms with Gasteiger partial charge in [0.05, 0.1) is 0 Å². The Hall–Kier alpha value is -0.530. The molecular weight excluding hydrogens is 272 g/mol. The normalized spacial score (nSPS) is 19.9. The van der Waals surface area contributed by atoms with Crippen LogP contribution in [0.1, 0.15) is 5.69 Å². The molecule has 1 atom stereocenters. The maximum Gasteiger partial charge on any atom is 0.155 e. The highest BCUT2D eigenvalue weighted by atomic mass is 32.2. The van der Waals surface area contributed by atoms with Crippen LogP contribution in [0.2, 0.25) is 0 Å². The average Bonchev–Trinajstić information content (AvgIpc) is 2.38. The van der Waals surface area contributed by atoms with E-state index in [1.165, 1.54) is 17.3 Å². The molecule has 1 saturated heterocycles. The molecule has 0 bridgehead atoms. The fourth-order valence-corrected chi connectivity index (χ4v) is 4.27. The number of nitrogens with two attached hydrogens (primary N) is 1. The highest BCUT2D eigenvalue weighted by Crippen LogP contribution is 2.24. The van der Waals surface area contributed by atoms with E-state index in [0.29, 0.717) is 16.8 Å². The molecule has 1 fully saturated rings. The molecule has 1 aliphatic heterocycles. The number of hydrogen-bond donors (Lipinski definition) is 2. The number of hydrogen-bond acceptors (Lipinski definition) is 6. The van der Waals surface area contributed by atoms with Gasteiger partial charge in [-0.3, -0.25) is 0 Å². The van der Waals surface area contributed by atoms with Gasteiger partial charge in [-0.1, -0.05) is 12.2 Å². The summed E-state index contributed by atoms with van der Waals surface area (Å²) in [6.07, 6.45) is 3.25. The van der Waals surface area contributed by atoms with Crippen LogP contribution in [0.15, 0.2) is 12.4 Å². The van der Waals surface area contributed by atoms with Crippen LogP contribution in [0.4, 0.5) is 5.82 Å². The summed E-state index contributed by atoms with van der Waals surface area (Å²) in [4.78, 5) is 8.65.